The molecule has 0 unspecified atom stereocenters. The van der Waals surface area contributed by atoms with E-state index in [4.69, 9.17) is 9.52 Å². The van der Waals surface area contributed by atoms with Crippen LogP contribution in [-0.4, -0.2) is 22.1 Å². The Morgan fingerprint density at radius 1 is 1.28 bits per heavy atom. The van der Waals surface area contributed by atoms with Crippen LogP contribution in [0.2, 0.25) is 0 Å². The number of aromatic hydroxyl groups is 1. The number of carboxylic acid groups (broad SMARTS) is 1. The molecule has 0 saturated carbocycles. The predicted octanol–water partition coefficient (Wildman–Crippen LogP) is 0.522. The van der Waals surface area contributed by atoms with Gasteiger partial charge in [-0.1, -0.05) is 0 Å². The van der Waals surface area contributed by atoms with Crippen LogP contribution in [0.1, 0.15) is 0 Å². The number of nitrogens with one attached hydrogen (secondary N) is 1. The Balaban J connectivity index is 2.54. The first kappa shape index (κ1) is 11.6. The second-order valence-electron chi connectivity index (χ2n) is 3.42. The van der Waals surface area contributed by atoms with Crippen LogP contribution in [0.4, 0.5) is 5.69 Å². The third-order valence-electron chi connectivity index (χ3n) is 2.20. The molecule has 1 amide bonds. The Labute approximate surface area is 99.3 Å². The van der Waals surface area contributed by atoms with E-state index in [0.29, 0.717) is 0 Å². The van der Waals surface area contributed by atoms with E-state index in [1.54, 1.807) is 0 Å². The molecule has 7 heteroatoms. The standard InChI is InChI=1S/C11H7NO6/c13-5-1-2-8-6(3-5)9(14)7(4-18-8)12-10(15)11(16)17/h1-4,13H,(H,12,15)(H,16,17). The van der Waals surface area contributed by atoms with Gasteiger partial charge in [0.2, 0.25) is 5.43 Å². The largest absolute Gasteiger partial charge is 0.508 e. The first-order valence-corrected chi connectivity index (χ1v) is 4.78. The second-order valence-corrected chi connectivity index (χ2v) is 3.42. The summed E-state index contributed by atoms with van der Waals surface area (Å²) in [5.74, 6) is -3.20. The van der Waals surface area contributed by atoms with E-state index >= 15 is 0 Å². The Bertz CT molecular complexity index is 702. The Kier molecular flexibility index (Phi) is 2.72. The summed E-state index contributed by atoms with van der Waals surface area (Å²) in [6.45, 7) is 0. The van der Waals surface area contributed by atoms with Gasteiger partial charge >= 0.3 is 11.9 Å². The average molecular weight is 249 g/mol. The number of rotatable bonds is 1. The van der Waals surface area contributed by atoms with Crippen LogP contribution in [0.3, 0.4) is 0 Å². The van der Waals surface area contributed by atoms with Crippen LogP contribution < -0.4 is 10.7 Å². The highest BCUT2D eigenvalue weighted by molar-refractivity contribution is 6.36. The second kappa shape index (κ2) is 4.21. The van der Waals surface area contributed by atoms with Crippen LogP contribution in [0.15, 0.2) is 33.7 Å². The zero-order valence-electron chi connectivity index (χ0n) is 8.84. The molecular weight excluding hydrogens is 242 g/mol. The van der Waals surface area contributed by atoms with Crippen molar-refractivity contribution >= 4 is 28.5 Å². The average Bonchev–Trinajstić information content (AvgIpc) is 2.33. The summed E-state index contributed by atoms with van der Waals surface area (Å²) in [6, 6.07) is 3.88. The first-order chi connectivity index (χ1) is 8.49. The summed E-state index contributed by atoms with van der Waals surface area (Å²) in [4.78, 5) is 33.1. The molecule has 0 radical (unpaired) electrons. The lowest BCUT2D eigenvalue weighted by Gasteiger charge is -2.02. The van der Waals surface area contributed by atoms with Crippen LogP contribution in [0.5, 0.6) is 5.75 Å². The molecular formula is C11H7NO6. The van der Waals surface area contributed by atoms with Gasteiger partial charge in [0.25, 0.3) is 0 Å². The molecule has 0 atom stereocenters. The highest BCUT2D eigenvalue weighted by Gasteiger charge is 2.15. The first-order valence-electron chi connectivity index (χ1n) is 4.78. The van der Waals surface area contributed by atoms with Gasteiger partial charge in [-0.2, -0.15) is 0 Å². The van der Waals surface area contributed by atoms with Crippen molar-refractivity contribution in [2.75, 3.05) is 5.32 Å². The lowest BCUT2D eigenvalue weighted by atomic mass is 10.2. The van der Waals surface area contributed by atoms with E-state index in [1.807, 2.05) is 5.32 Å². The Morgan fingerprint density at radius 3 is 2.67 bits per heavy atom. The maximum atomic E-state index is 11.9. The molecule has 0 bridgehead atoms. The Hall–Kier alpha value is -2.83. The molecule has 2 aromatic rings. The number of anilines is 1. The summed E-state index contributed by atoms with van der Waals surface area (Å²) < 4.78 is 5.04. The van der Waals surface area contributed by atoms with Crippen molar-refractivity contribution in [2.24, 2.45) is 0 Å². The minimum Gasteiger partial charge on any atom is -0.508 e. The molecule has 0 fully saturated rings. The van der Waals surface area contributed by atoms with Gasteiger partial charge in [-0.3, -0.25) is 9.59 Å². The number of carbonyl (C=O) groups excluding carboxylic acids is 1. The van der Waals surface area contributed by atoms with Gasteiger partial charge in [0.05, 0.1) is 5.39 Å². The van der Waals surface area contributed by atoms with Gasteiger partial charge in [0.1, 0.15) is 23.3 Å². The van der Waals surface area contributed by atoms with E-state index in [2.05, 4.69) is 0 Å². The van der Waals surface area contributed by atoms with Gasteiger partial charge in [-0.05, 0) is 18.2 Å². The van der Waals surface area contributed by atoms with Crippen molar-refractivity contribution in [2.45, 2.75) is 0 Å². The summed E-state index contributed by atoms with van der Waals surface area (Å²) in [7, 11) is 0. The number of phenolic OH excluding ortho intramolecular Hbond substituents is 1. The van der Waals surface area contributed by atoms with Crippen LogP contribution in [-0.2, 0) is 9.59 Å². The van der Waals surface area contributed by atoms with Crippen molar-refractivity contribution in [3.63, 3.8) is 0 Å². The maximum absolute atomic E-state index is 11.9. The fourth-order valence-corrected chi connectivity index (χ4v) is 1.38. The van der Waals surface area contributed by atoms with Gasteiger partial charge < -0.3 is 19.9 Å². The molecule has 3 N–H and O–H groups in total. The fourth-order valence-electron chi connectivity index (χ4n) is 1.38. The fraction of sp³-hybridized carbons (Fsp3) is 0. The monoisotopic (exact) mass is 249 g/mol. The van der Waals surface area contributed by atoms with Crippen molar-refractivity contribution in [1.82, 2.24) is 0 Å². The van der Waals surface area contributed by atoms with Crippen molar-refractivity contribution < 1.29 is 24.2 Å². The van der Waals surface area contributed by atoms with E-state index in [0.717, 1.165) is 12.3 Å². The quantitative estimate of drug-likeness (QED) is 0.634. The molecule has 0 aliphatic rings. The van der Waals surface area contributed by atoms with Crippen molar-refractivity contribution in [3.8, 4) is 5.75 Å². The third kappa shape index (κ3) is 2.01. The number of hydrogen-bond donors (Lipinski definition) is 3. The minimum absolute atomic E-state index is 0.0400. The Morgan fingerprint density at radius 2 is 2.00 bits per heavy atom. The SMILES string of the molecule is O=C(O)C(=O)Nc1coc2ccc(O)cc2c1=O. The molecule has 0 saturated heterocycles. The zero-order chi connectivity index (χ0) is 13.3. The van der Waals surface area contributed by atoms with Crippen molar-refractivity contribution in [3.05, 3.63) is 34.7 Å². The van der Waals surface area contributed by atoms with Gasteiger partial charge in [0.15, 0.2) is 0 Å². The normalized spacial score (nSPS) is 10.2. The molecule has 1 aromatic carbocycles. The number of carboxylic acids is 1. The van der Waals surface area contributed by atoms with Gasteiger partial charge in [-0.25, -0.2) is 4.79 Å². The number of amides is 1. The van der Waals surface area contributed by atoms with Gasteiger partial charge in [0, 0.05) is 0 Å². The summed E-state index contributed by atoms with van der Waals surface area (Å²) >= 11 is 0. The summed E-state index contributed by atoms with van der Waals surface area (Å²) in [6.07, 6.45) is 0.947. The van der Waals surface area contributed by atoms with Crippen LogP contribution >= 0.6 is 0 Å². The number of hydrogen-bond acceptors (Lipinski definition) is 5. The van der Waals surface area contributed by atoms with Crippen LogP contribution in [0, 0.1) is 0 Å². The molecule has 18 heavy (non-hydrogen) atoms. The van der Waals surface area contributed by atoms with E-state index < -0.39 is 17.3 Å². The molecule has 7 nitrogen and oxygen atoms in total. The molecule has 1 aromatic heterocycles. The molecule has 0 aliphatic carbocycles. The smallest absolute Gasteiger partial charge is 0.394 e. The van der Waals surface area contributed by atoms with Crippen LogP contribution in [0.25, 0.3) is 11.0 Å². The summed E-state index contributed by atoms with van der Waals surface area (Å²) in [5, 5.41) is 19.6. The topological polar surface area (TPSA) is 117 Å². The van der Waals surface area contributed by atoms with E-state index in [9.17, 15) is 19.5 Å². The predicted molar refractivity (Wildman–Crippen MR) is 60.4 cm³/mol. The maximum Gasteiger partial charge on any atom is 0.394 e. The summed E-state index contributed by atoms with van der Waals surface area (Å²) in [5.41, 5.74) is -0.728. The lowest BCUT2D eigenvalue weighted by Crippen LogP contribution is -2.25. The number of benzene rings is 1. The highest BCUT2D eigenvalue weighted by Crippen LogP contribution is 2.18. The number of aliphatic carboxylic acids is 1. The molecule has 1 heterocycles. The minimum atomic E-state index is -1.72. The zero-order valence-corrected chi connectivity index (χ0v) is 8.84. The molecule has 0 spiro atoms. The van der Waals surface area contributed by atoms with Gasteiger partial charge in [-0.15, -0.1) is 0 Å². The number of fused-ring (bicyclic) bond motifs is 1. The number of carbonyl (C=O) groups is 2. The molecule has 92 valence electrons. The highest BCUT2D eigenvalue weighted by atomic mass is 16.4. The van der Waals surface area contributed by atoms with Crippen molar-refractivity contribution in [1.29, 1.82) is 0 Å². The third-order valence-corrected chi connectivity index (χ3v) is 2.20. The lowest BCUT2D eigenvalue weighted by molar-refractivity contribution is -0.147. The number of phenols is 1. The molecule has 2 rings (SSSR count). The molecule has 0 aliphatic heterocycles. The van der Waals surface area contributed by atoms with E-state index in [1.165, 1.54) is 12.1 Å². The van der Waals surface area contributed by atoms with E-state index in [-0.39, 0.29) is 22.4 Å².